The molecular formula is C23H34N2O5S. The van der Waals surface area contributed by atoms with Crippen molar-refractivity contribution >= 4 is 34.2 Å². The molecule has 1 fully saturated rings. The summed E-state index contributed by atoms with van der Waals surface area (Å²) in [6, 6.07) is -0.351. The molecule has 1 saturated heterocycles. The molecule has 1 aromatic heterocycles. The molecule has 1 aliphatic carbocycles. The zero-order chi connectivity index (χ0) is 22.5. The minimum Gasteiger partial charge on any atom is -0.466 e. The lowest BCUT2D eigenvalue weighted by molar-refractivity contribution is -0.149. The molecule has 2 aliphatic rings. The first-order valence-electron chi connectivity index (χ1n) is 11.4. The van der Waals surface area contributed by atoms with Gasteiger partial charge in [0.25, 0.3) is 0 Å². The van der Waals surface area contributed by atoms with Crippen molar-refractivity contribution in [3.05, 3.63) is 16.0 Å². The Morgan fingerprint density at radius 3 is 2.45 bits per heavy atom. The Morgan fingerprint density at radius 1 is 1.13 bits per heavy atom. The molecule has 7 nitrogen and oxygen atoms in total. The number of nitrogens with one attached hydrogen (secondary N) is 1. The third kappa shape index (κ3) is 5.47. The number of hydrogen-bond acceptors (Lipinski definition) is 7. The fourth-order valence-electron chi connectivity index (χ4n) is 4.42. The number of anilines is 1. The van der Waals surface area contributed by atoms with Crippen LogP contribution in [0.15, 0.2) is 0 Å². The van der Waals surface area contributed by atoms with Gasteiger partial charge in [0.05, 0.1) is 30.7 Å². The smallest absolute Gasteiger partial charge is 0.341 e. The van der Waals surface area contributed by atoms with Crippen LogP contribution in [0.3, 0.4) is 0 Å². The summed E-state index contributed by atoms with van der Waals surface area (Å²) >= 11 is 1.51. The fraction of sp³-hybridized carbons (Fsp3) is 0.696. The third-order valence-electron chi connectivity index (χ3n) is 6.30. The predicted molar refractivity (Wildman–Crippen MR) is 120 cm³/mol. The van der Waals surface area contributed by atoms with Gasteiger partial charge in [-0.05, 0) is 77.4 Å². The van der Waals surface area contributed by atoms with Crippen molar-refractivity contribution in [2.24, 2.45) is 11.8 Å². The number of amides is 1. The summed E-state index contributed by atoms with van der Waals surface area (Å²) in [5.74, 6) is -0.145. The van der Waals surface area contributed by atoms with Gasteiger partial charge in [0.15, 0.2) is 0 Å². The lowest BCUT2D eigenvalue weighted by Crippen LogP contribution is -2.47. The first kappa shape index (κ1) is 23.7. The van der Waals surface area contributed by atoms with Crippen LogP contribution in [0.4, 0.5) is 5.00 Å². The van der Waals surface area contributed by atoms with Crippen LogP contribution in [0.25, 0.3) is 0 Å². The normalized spacial score (nSPS) is 20.6. The number of fused-ring (bicyclic) bond motifs is 1. The predicted octanol–water partition coefficient (Wildman–Crippen LogP) is 3.65. The van der Waals surface area contributed by atoms with E-state index in [1.54, 1.807) is 6.92 Å². The Balaban J connectivity index is 1.68. The maximum Gasteiger partial charge on any atom is 0.341 e. The molecule has 0 radical (unpaired) electrons. The van der Waals surface area contributed by atoms with E-state index in [0.29, 0.717) is 55.6 Å². The molecule has 0 saturated carbocycles. The molecule has 0 spiro atoms. The van der Waals surface area contributed by atoms with Crippen LogP contribution in [0.2, 0.25) is 0 Å². The first-order valence-corrected chi connectivity index (χ1v) is 12.2. The number of rotatable bonds is 7. The standard InChI is InChI=1S/C23H34N2O5S/c1-5-29-22(27)16-9-11-25(12-10-16)15(4)20(26)24-21-19(23(28)30-6-2)17-8-7-14(3)13-18(17)31-21/h14-16H,5-13H2,1-4H3,(H,24,26)/t14-,15+/m1/s1. The highest BCUT2D eigenvalue weighted by molar-refractivity contribution is 7.17. The Kier molecular flexibility index (Phi) is 8.11. The number of nitrogens with zero attached hydrogens (tertiary/aromatic N) is 1. The molecule has 0 unspecified atom stereocenters. The zero-order valence-corrected chi connectivity index (χ0v) is 19.8. The molecule has 8 heteroatoms. The summed E-state index contributed by atoms with van der Waals surface area (Å²) < 4.78 is 10.4. The molecule has 31 heavy (non-hydrogen) atoms. The van der Waals surface area contributed by atoms with Crippen molar-refractivity contribution in [1.29, 1.82) is 0 Å². The van der Waals surface area contributed by atoms with Gasteiger partial charge in [0.1, 0.15) is 5.00 Å². The highest BCUT2D eigenvalue weighted by atomic mass is 32.1. The number of piperidine rings is 1. The number of esters is 2. The van der Waals surface area contributed by atoms with E-state index in [1.165, 1.54) is 16.2 Å². The Labute approximate surface area is 188 Å². The quantitative estimate of drug-likeness (QED) is 0.639. The number of hydrogen-bond donors (Lipinski definition) is 1. The molecule has 3 rings (SSSR count). The van der Waals surface area contributed by atoms with E-state index in [9.17, 15) is 14.4 Å². The molecular weight excluding hydrogens is 416 g/mol. The van der Waals surface area contributed by atoms with Crippen molar-refractivity contribution in [3.8, 4) is 0 Å². The van der Waals surface area contributed by atoms with E-state index < -0.39 is 0 Å². The second-order valence-electron chi connectivity index (χ2n) is 8.50. The lowest BCUT2D eigenvalue weighted by atomic mass is 9.88. The largest absolute Gasteiger partial charge is 0.466 e. The van der Waals surface area contributed by atoms with Gasteiger partial charge in [-0.25, -0.2) is 4.79 Å². The molecule has 1 N–H and O–H groups in total. The number of carbonyl (C=O) groups excluding carboxylic acids is 3. The van der Waals surface area contributed by atoms with Gasteiger partial charge >= 0.3 is 11.9 Å². The second kappa shape index (κ2) is 10.6. The van der Waals surface area contributed by atoms with E-state index in [0.717, 1.165) is 24.8 Å². The minimum atomic E-state index is -0.354. The summed E-state index contributed by atoms with van der Waals surface area (Å²) in [5.41, 5.74) is 1.58. The number of thiophene rings is 1. The summed E-state index contributed by atoms with van der Waals surface area (Å²) in [7, 11) is 0. The number of likely N-dealkylation sites (tertiary alicyclic amines) is 1. The molecule has 1 aliphatic heterocycles. The minimum absolute atomic E-state index is 0.0899. The van der Waals surface area contributed by atoms with Crippen LogP contribution in [-0.4, -0.2) is 55.1 Å². The van der Waals surface area contributed by atoms with Crippen molar-refractivity contribution in [2.75, 3.05) is 31.6 Å². The van der Waals surface area contributed by atoms with Crippen LogP contribution in [-0.2, 0) is 31.9 Å². The van der Waals surface area contributed by atoms with Gasteiger partial charge < -0.3 is 14.8 Å². The molecule has 0 aromatic carbocycles. The van der Waals surface area contributed by atoms with Gasteiger partial charge in [-0.15, -0.1) is 11.3 Å². The molecule has 2 atom stereocenters. The van der Waals surface area contributed by atoms with Crippen molar-refractivity contribution < 1.29 is 23.9 Å². The van der Waals surface area contributed by atoms with Crippen molar-refractivity contribution in [2.45, 2.75) is 65.8 Å². The third-order valence-corrected chi connectivity index (χ3v) is 7.47. The first-order chi connectivity index (χ1) is 14.8. The van der Waals surface area contributed by atoms with Gasteiger partial charge in [-0.1, -0.05) is 6.92 Å². The summed E-state index contributed by atoms with van der Waals surface area (Å²) in [6.07, 6.45) is 4.19. The average molecular weight is 451 g/mol. The van der Waals surface area contributed by atoms with E-state index >= 15 is 0 Å². The molecule has 1 amide bonds. The molecule has 172 valence electrons. The number of carbonyl (C=O) groups is 3. The number of ether oxygens (including phenoxy) is 2. The summed E-state index contributed by atoms with van der Waals surface area (Å²) in [4.78, 5) is 40.9. The van der Waals surface area contributed by atoms with Crippen molar-refractivity contribution in [1.82, 2.24) is 4.90 Å². The topological polar surface area (TPSA) is 84.9 Å². The maximum absolute atomic E-state index is 13.0. The SMILES string of the molecule is CCOC(=O)c1c(NC(=O)[C@H](C)N2CCC(C(=O)OCC)CC2)sc2c1CC[C@@H](C)C2. The van der Waals surface area contributed by atoms with Gasteiger partial charge in [0.2, 0.25) is 5.91 Å². The van der Waals surface area contributed by atoms with Gasteiger partial charge in [-0.2, -0.15) is 0 Å². The zero-order valence-electron chi connectivity index (χ0n) is 19.0. The molecule has 1 aromatic rings. The van der Waals surface area contributed by atoms with Crippen LogP contribution in [0.1, 0.15) is 67.8 Å². The van der Waals surface area contributed by atoms with Gasteiger partial charge in [0, 0.05) is 4.88 Å². The van der Waals surface area contributed by atoms with Crippen LogP contribution in [0, 0.1) is 11.8 Å². The monoisotopic (exact) mass is 450 g/mol. The summed E-state index contributed by atoms with van der Waals surface area (Å²) in [6.45, 7) is 9.73. The van der Waals surface area contributed by atoms with E-state index in [4.69, 9.17) is 9.47 Å². The summed E-state index contributed by atoms with van der Waals surface area (Å²) in [5, 5.41) is 3.63. The van der Waals surface area contributed by atoms with Crippen molar-refractivity contribution in [3.63, 3.8) is 0 Å². The average Bonchev–Trinajstić information content (AvgIpc) is 3.10. The highest BCUT2D eigenvalue weighted by Crippen LogP contribution is 2.40. The highest BCUT2D eigenvalue weighted by Gasteiger charge is 2.33. The second-order valence-corrected chi connectivity index (χ2v) is 9.61. The van der Waals surface area contributed by atoms with E-state index in [2.05, 4.69) is 17.1 Å². The van der Waals surface area contributed by atoms with Gasteiger partial charge in [-0.3, -0.25) is 14.5 Å². The maximum atomic E-state index is 13.0. The van der Waals surface area contributed by atoms with Crippen LogP contribution in [0.5, 0.6) is 0 Å². The Bertz CT molecular complexity index is 813. The van der Waals surface area contributed by atoms with Crippen LogP contribution < -0.4 is 5.32 Å². The lowest BCUT2D eigenvalue weighted by Gasteiger charge is -2.34. The Morgan fingerprint density at radius 2 is 1.81 bits per heavy atom. The van der Waals surface area contributed by atoms with Crippen LogP contribution >= 0.6 is 11.3 Å². The molecule has 0 bridgehead atoms. The van der Waals surface area contributed by atoms with E-state index in [1.807, 2.05) is 13.8 Å². The fourth-order valence-corrected chi connectivity index (χ4v) is 5.82. The van der Waals surface area contributed by atoms with E-state index in [-0.39, 0.29) is 29.8 Å². The Hall–Kier alpha value is -1.93. The molecule has 2 heterocycles.